The van der Waals surface area contributed by atoms with Gasteiger partial charge >= 0.3 is 5.69 Å². The summed E-state index contributed by atoms with van der Waals surface area (Å²) in [5.41, 5.74) is -0.183. The van der Waals surface area contributed by atoms with Crippen LogP contribution in [0.25, 0.3) is 22.6 Å². The zero-order valence-electron chi connectivity index (χ0n) is 17.1. The van der Waals surface area contributed by atoms with Crippen molar-refractivity contribution in [1.82, 2.24) is 24.0 Å². The number of fused-ring (bicyclic) bond motifs is 1. The van der Waals surface area contributed by atoms with Gasteiger partial charge in [0.05, 0.1) is 18.8 Å². The van der Waals surface area contributed by atoms with Crippen LogP contribution >= 0.6 is 28.3 Å². The lowest BCUT2D eigenvalue weighted by molar-refractivity contribution is 0.0365. The molecule has 11 heteroatoms. The molecule has 1 N–H and O–H groups in total. The summed E-state index contributed by atoms with van der Waals surface area (Å²) < 4.78 is 24.0. The first kappa shape index (κ1) is 23.6. The van der Waals surface area contributed by atoms with Crippen LogP contribution in [0.2, 0.25) is 0 Å². The number of ether oxygens (including phenoxy) is 1. The van der Waals surface area contributed by atoms with E-state index in [1.165, 1.54) is 10.6 Å². The van der Waals surface area contributed by atoms with Crippen molar-refractivity contribution in [3.8, 4) is 11.4 Å². The van der Waals surface area contributed by atoms with Crippen LogP contribution in [0.15, 0.2) is 32.3 Å². The predicted molar refractivity (Wildman–Crippen MR) is 123 cm³/mol. The smallest absolute Gasteiger partial charge is 0.330 e. The second kappa shape index (κ2) is 10.1. The van der Waals surface area contributed by atoms with Gasteiger partial charge in [0.2, 0.25) is 0 Å². The van der Waals surface area contributed by atoms with E-state index in [0.717, 1.165) is 13.1 Å². The Balaban J connectivity index is 0.00000272. The molecule has 0 amide bonds. The highest BCUT2D eigenvalue weighted by molar-refractivity contribution is 9.10. The van der Waals surface area contributed by atoms with E-state index < -0.39 is 17.1 Å². The van der Waals surface area contributed by atoms with Gasteiger partial charge in [-0.1, -0.05) is 22.9 Å². The van der Waals surface area contributed by atoms with Crippen molar-refractivity contribution in [2.45, 2.75) is 26.4 Å². The van der Waals surface area contributed by atoms with Crippen molar-refractivity contribution in [1.29, 1.82) is 0 Å². The predicted octanol–water partition coefficient (Wildman–Crippen LogP) is 2.62. The summed E-state index contributed by atoms with van der Waals surface area (Å²) in [6, 6.07) is 4.60. The van der Waals surface area contributed by atoms with Crippen LogP contribution in [0.5, 0.6) is 0 Å². The lowest BCUT2D eigenvalue weighted by atomic mass is 10.2. The summed E-state index contributed by atoms with van der Waals surface area (Å²) in [4.78, 5) is 34.3. The van der Waals surface area contributed by atoms with E-state index in [-0.39, 0.29) is 29.1 Å². The van der Waals surface area contributed by atoms with Crippen molar-refractivity contribution in [2.75, 3.05) is 32.8 Å². The molecule has 0 atom stereocenters. The molecule has 0 saturated carbocycles. The molecule has 1 saturated heterocycles. The molecule has 1 aliphatic heterocycles. The number of benzene rings is 1. The average Bonchev–Trinajstić information content (AvgIpc) is 3.11. The van der Waals surface area contributed by atoms with Crippen LogP contribution in [0.1, 0.15) is 13.3 Å². The molecule has 168 valence electrons. The first-order valence-electron chi connectivity index (χ1n) is 9.98. The molecule has 1 aromatic carbocycles. The molecule has 3 heterocycles. The maximum Gasteiger partial charge on any atom is 0.330 e. The molecule has 0 spiro atoms. The second-order valence-corrected chi connectivity index (χ2v) is 8.16. The van der Waals surface area contributed by atoms with E-state index in [4.69, 9.17) is 4.74 Å². The highest BCUT2D eigenvalue weighted by atomic mass is 79.9. The van der Waals surface area contributed by atoms with Crippen molar-refractivity contribution in [2.24, 2.45) is 0 Å². The number of nitrogens with one attached hydrogen (secondary N) is 1. The molecule has 1 fully saturated rings. The van der Waals surface area contributed by atoms with Gasteiger partial charge in [0, 0.05) is 37.2 Å². The van der Waals surface area contributed by atoms with Gasteiger partial charge in [-0.2, -0.15) is 0 Å². The zero-order valence-corrected chi connectivity index (χ0v) is 19.5. The van der Waals surface area contributed by atoms with Crippen molar-refractivity contribution < 1.29 is 9.13 Å². The van der Waals surface area contributed by atoms with E-state index in [9.17, 15) is 14.0 Å². The van der Waals surface area contributed by atoms with Gasteiger partial charge in [-0.05, 0) is 24.6 Å². The number of aromatic amines is 1. The second-order valence-electron chi connectivity index (χ2n) is 7.25. The standard InChI is InChI=1S/C20H23BrFN5O3.ClH/c1-2-5-27-18-16(19(28)24-20(27)29)26(7-6-25-8-10-30-11-9-25)17(23-18)14-12-13(21)3-4-15(14)22;/h3-4,12H,2,5-11H2,1H3,(H,24,28,29);1H. The monoisotopic (exact) mass is 515 g/mol. The van der Waals surface area contributed by atoms with Crippen LogP contribution < -0.4 is 11.2 Å². The minimum Gasteiger partial charge on any atom is -0.379 e. The number of aryl methyl sites for hydroxylation is 1. The number of hydrogen-bond donors (Lipinski definition) is 1. The highest BCUT2D eigenvalue weighted by Crippen LogP contribution is 2.28. The molecule has 31 heavy (non-hydrogen) atoms. The van der Waals surface area contributed by atoms with Crippen LogP contribution in [0.4, 0.5) is 4.39 Å². The fraction of sp³-hybridized carbons (Fsp3) is 0.450. The molecule has 0 aliphatic carbocycles. The fourth-order valence-electron chi connectivity index (χ4n) is 3.76. The van der Waals surface area contributed by atoms with Gasteiger partial charge in [0.1, 0.15) is 11.6 Å². The zero-order chi connectivity index (χ0) is 21.3. The lowest BCUT2D eigenvalue weighted by Crippen LogP contribution is -2.38. The number of halogens is 3. The van der Waals surface area contributed by atoms with Gasteiger partial charge in [-0.15, -0.1) is 12.4 Å². The number of aromatic nitrogens is 4. The Hall–Kier alpha value is -2.01. The Morgan fingerprint density at radius 2 is 1.90 bits per heavy atom. The van der Waals surface area contributed by atoms with Crippen LogP contribution in [0.3, 0.4) is 0 Å². The summed E-state index contributed by atoms with van der Waals surface area (Å²) in [5, 5.41) is 0. The largest absolute Gasteiger partial charge is 0.379 e. The summed E-state index contributed by atoms with van der Waals surface area (Å²) in [6.45, 7) is 6.35. The van der Waals surface area contributed by atoms with Crippen molar-refractivity contribution in [3.63, 3.8) is 0 Å². The van der Waals surface area contributed by atoms with Crippen LogP contribution in [0, 0.1) is 5.82 Å². The van der Waals surface area contributed by atoms with Crippen molar-refractivity contribution in [3.05, 3.63) is 49.3 Å². The van der Waals surface area contributed by atoms with Crippen molar-refractivity contribution >= 4 is 39.5 Å². The third-order valence-corrected chi connectivity index (χ3v) is 5.74. The summed E-state index contributed by atoms with van der Waals surface area (Å²) in [7, 11) is 0. The van der Waals surface area contributed by atoms with E-state index in [1.54, 1.807) is 16.7 Å². The van der Waals surface area contributed by atoms with Gasteiger partial charge in [-0.3, -0.25) is 19.2 Å². The minimum atomic E-state index is -0.515. The molecule has 0 unspecified atom stereocenters. The normalized spacial score (nSPS) is 14.7. The minimum absolute atomic E-state index is 0. The third kappa shape index (κ3) is 4.77. The highest BCUT2D eigenvalue weighted by Gasteiger charge is 2.22. The van der Waals surface area contributed by atoms with E-state index in [0.29, 0.717) is 49.6 Å². The van der Waals surface area contributed by atoms with E-state index in [2.05, 4.69) is 30.8 Å². The molecular formula is C20H24BrClFN5O3. The number of rotatable bonds is 6. The molecule has 1 aliphatic rings. The summed E-state index contributed by atoms with van der Waals surface area (Å²) in [6.07, 6.45) is 0.697. The number of hydrogen-bond acceptors (Lipinski definition) is 5. The first-order valence-corrected chi connectivity index (χ1v) is 10.8. The summed E-state index contributed by atoms with van der Waals surface area (Å²) in [5.74, 6) is -0.111. The first-order chi connectivity index (χ1) is 14.5. The Kier molecular flexibility index (Phi) is 7.68. The van der Waals surface area contributed by atoms with Gasteiger partial charge in [0.25, 0.3) is 5.56 Å². The number of nitrogens with zero attached hydrogens (tertiary/aromatic N) is 4. The Morgan fingerprint density at radius 1 is 1.16 bits per heavy atom. The number of morpholine rings is 1. The molecule has 0 radical (unpaired) electrons. The van der Waals surface area contributed by atoms with E-state index >= 15 is 0 Å². The maximum atomic E-state index is 14.7. The lowest BCUT2D eigenvalue weighted by Gasteiger charge is -2.26. The van der Waals surface area contributed by atoms with Crippen LogP contribution in [-0.2, 0) is 17.8 Å². The van der Waals surface area contributed by atoms with Gasteiger partial charge in [0.15, 0.2) is 11.2 Å². The third-order valence-electron chi connectivity index (χ3n) is 5.25. The SMILES string of the molecule is CCCn1c(=O)[nH]c(=O)c2c1nc(-c1cc(Br)ccc1F)n2CCN1CCOCC1.Cl. The average molecular weight is 517 g/mol. The number of H-pyrrole nitrogens is 1. The Labute approximate surface area is 192 Å². The molecule has 4 rings (SSSR count). The molecular weight excluding hydrogens is 493 g/mol. The molecule has 3 aromatic rings. The summed E-state index contributed by atoms with van der Waals surface area (Å²) >= 11 is 3.38. The Morgan fingerprint density at radius 3 is 2.61 bits per heavy atom. The fourth-order valence-corrected chi connectivity index (χ4v) is 4.12. The molecule has 8 nitrogen and oxygen atoms in total. The van der Waals surface area contributed by atoms with Gasteiger partial charge in [-0.25, -0.2) is 14.2 Å². The maximum absolute atomic E-state index is 14.7. The molecule has 2 aromatic heterocycles. The quantitative estimate of drug-likeness (QED) is 0.544. The number of imidazole rings is 1. The topological polar surface area (TPSA) is 85.2 Å². The molecule has 0 bridgehead atoms. The van der Waals surface area contributed by atoms with E-state index in [1.807, 2.05) is 6.92 Å². The Bertz CT molecular complexity index is 1190. The van der Waals surface area contributed by atoms with Crippen LogP contribution in [-0.4, -0.2) is 56.9 Å². The van der Waals surface area contributed by atoms with Gasteiger partial charge < -0.3 is 9.30 Å².